The molecule has 2 aromatic heterocycles. The van der Waals surface area contributed by atoms with Crippen molar-refractivity contribution in [1.29, 1.82) is 0 Å². The van der Waals surface area contributed by atoms with E-state index >= 15 is 0 Å². The van der Waals surface area contributed by atoms with Gasteiger partial charge < -0.3 is 0 Å². The van der Waals surface area contributed by atoms with Gasteiger partial charge in [0.1, 0.15) is 5.65 Å². The number of halogens is 2. The van der Waals surface area contributed by atoms with Crippen LogP contribution in [0.5, 0.6) is 0 Å². The molecule has 0 aliphatic carbocycles. The molecule has 1 aromatic carbocycles. The molecule has 4 nitrogen and oxygen atoms in total. The monoisotopic (exact) mass is 351 g/mol. The third kappa shape index (κ3) is 3.27. The van der Waals surface area contributed by atoms with E-state index in [2.05, 4.69) is 9.97 Å². The normalized spacial score (nSPS) is 11.0. The number of thioether (sulfide) groups is 1. The average molecular weight is 352 g/mol. The van der Waals surface area contributed by atoms with Crippen LogP contribution in [0.1, 0.15) is 11.1 Å². The summed E-state index contributed by atoms with van der Waals surface area (Å²) in [4.78, 5) is 20.4. The van der Waals surface area contributed by atoms with Gasteiger partial charge in [-0.05, 0) is 42.3 Å². The van der Waals surface area contributed by atoms with Crippen LogP contribution in [0.2, 0.25) is 10.0 Å². The fraction of sp³-hybridized carbons (Fsp3) is 0.133. The van der Waals surface area contributed by atoms with Gasteiger partial charge in [-0.25, -0.2) is 9.78 Å². The average Bonchev–Trinajstić information content (AvgIpc) is 2.46. The van der Waals surface area contributed by atoms with Gasteiger partial charge >= 0.3 is 5.69 Å². The van der Waals surface area contributed by atoms with Gasteiger partial charge in [0, 0.05) is 22.0 Å². The van der Waals surface area contributed by atoms with Crippen LogP contribution in [0.15, 0.2) is 46.5 Å². The first kappa shape index (κ1) is 15.3. The Labute approximate surface area is 141 Å². The van der Waals surface area contributed by atoms with Crippen LogP contribution in [-0.2, 0) is 5.75 Å². The number of rotatable bonds is 3. The van der Waals surface area contributed by atoms with Crippen molar-refractivity contribution < 1.29 is 0 Å². The number of fused-ring (bicyclic) bond motifs is 1. The summed E-state index contributed by atoms with van der Waals surface area (Å²) in [6.45, 7) is 1.95. The van der Waals surface area contributed by atoms with Gasteiger partial charge in [-0.2, -0.15) is 4.98 Å². The van der Waals surface area contributed by atoms with E-state index in [1.165, 1.54) is 16.2 Å². The quantitative estimate of drug-likeness (QED) is 0.669. The molecular weight excluding hydrogens is 341 g/mol. The molecule has 0 radical (unpaired) electrons. The molecule has 2 heterocycles. The summed E-state index contributed by atoms with van der Waals surface area (Å²) in [6.07, 6.45) is 1.68. The summed E-state index contributed by atoms with van der Waals surface area (Å²) in [6, 6.07) is 9.03. The highest BCUT2D eigenvalue weighted by atomic mass is 35.5. The lowest BCUT2D eigenvalue weighted by molar-refractivity contribution is 0.845. The van der Waals surface area contributed by atoms with Crippen LogP contribution in [0, 0.1) is 6.92 Å². The van der Waals surface area contributed by atoms with E-state index < -0.39 is 0 Å². The second-order valence-corrected chi connectivity index (χ2v) is 6.53. The Morgan fingerprint density at radius 1 is 1.18 bits per heavy atom. The molecule has 0 aliphatic rings. The van der Waals surface area contributed by atoms with Gasteiger partial charge in [-0.15, -0.1) is 0 Å². The maximum absolute atomic E-state index is 12.0. The van der Waals surface area contributed by atoms with E-state index in [0.717, 1.165) is 11.1 Å². The molecule has 0 atom stereocenters. The molecule has 7 heteroatoms. The van der Waals surface area contributed by atoms with Crippen LogP contribution < -0.4 is 5.69 Å². The molecule has 0 saturated heterocycles. The predicted octanol–water partition coefficient (Wildman–Crippen LogP) is 4.00. The Bertz CT molecular complexity index is 911. The van der Waals surface area contributed by atoms with Gasteiger partial charge in [0.25, 0.3) is 0 Å². The van der Waals surface area contributed by atoms with E-state index in [-0.39, 0.29) is 5.69 Å². The Hall–Kier alpha value is -1.56. The smallest absolute Gasteiger partial charge is 0.251 e. The number of hydrogen-bond donors (Lipinski definition) is 0. The van der Waals surface area contributed by atoms with Gasteiger partial charge in [0.05, 0.1) is 0 Å². The number of aromatic nitrogens is 3. The van der Waals surface area contributed by atoms with Crippen LogP contribution in [0.25, 0.3) is 5.65 Å². The van der Waals surface area contributed by atoms with Gasteiger partial charge in [0.15, 0.2) is 5.16 Å². The van der Waals surface area contributed by atoms with Crippen LogP contribution in [0.4, 0.5) is 0 Å². The fourth-order valence-electron chi connectivity index (χ4n) is 1.94. The van der Waals surface area contributed by atoms with E-state index in [0.29, 0.717) is 26.6 Å². The molecule has 0 N–H and O–H groups in total. The summed E-state index contributed by atoms with van der Waals surface area (Å²) in [5.74, 6) is 0.567. The third-order valence-electron chi connectivity index (χ3n) is 3.07. The number of hydrogen-bond acceptors (Lipinski definition) is 4. The van der Waals surface area contributed by atoms with Crippen molar-refractivity contribution in [2.24, 2.45) is 0 Å². The molecule has 3 rings (SSSR count). The van der Waals surface area contributed by atoms with E-state index in [4.69, 9.17) is 23.2 Å². The molecule has 0 aliphatic heterocycles. The number of aryl methyl sites for hydroxylation is 1. The zero-order chi connectivity index (χ0) is 15.7. The van der Waals surface area contributed by atoms with Crippen molar-refractivity contribution in [3.05, 3.63) is 68.2 Å². The molecule has 0 amide bonds. The zero-order valence-corrected chi connectivity index (χ0v) is 13.9. The van der Waals surface area contributed by atoms with Gasteiger partial charge in [0.2, 0.25) is 0 Å². The minimum absolute atomic E-state index is 0.338. The van der Waals surface area contributed by atoms with Gasteiger partial charge in [-0.3, -0.25) is 4.40 Å². The van der Waals surface area contributed by atoms with Crippen molar-refractivity contribution in [1.82, 2.24) is 14.4 Å². The summed E-state index contributed by atoms with van der Waals surface area (Å²) in [5.41, 5.74) is 2.21. The summed E-state index contributed by atoms with van der Waals surface area (Å²) >= 11 is 13.4. The second-order valence-electron chi connectivity index (χ2n) is 4.75. The summed E-state index contributed by atoms with van der Waals surface area (Å²) < 4.78 is 1.42. The Kier molecular flexibility index (Phi) is 4.38. The Balaban J connectivity index is 1.89. The lowest BCUT2D eigenvalue weighted by Crippen LogP contribution is -2.19. The maximum Gasteiger partial charge on any atom is 0.355 e. The zero-order valence-electron chi connectivity index (χ0n) is 11.6. The lowest BCUT2D eigenvalue weighted by atomic mass is 10.2. The SMILES string of the molecule is Cc1ccn2c(=O)nc(SCc3ccc(Cl)cc3Cl)nc2c1. The highest BCUT2D eigenvalue weighted by Gasteiger charge is 2.07. The van der Waals surface area contributed by atoms with Crippen LogP contribution in [0.3, 0.4) is 0 Å². The molecule has 0 fully saturated rings. The molecule has 3 aromatic rings. The first-order valence-electron chi connectivity index (χ1n) is 6.47. The molecule has 22 heavy (non-hydrogen) atoms. The standard InChI is InChI=1S/C15H11Cl2N3OS/c1-9-4-5-20-13(6-9)18-14(19-15(20)21)22-8-10-2-3-11(16)7-12(10)17/h2-7H,8H2,1H3. The molecule has 0 saturated carbocycles. The first-order valence-corrected chi connectivity index (χ1v) is 8.21. The Morgan fingerprint density at radius 3 is 2.77 bits per heavy atom. The minimum atomic E-state index is -0.338. The number of benzene rings is 1. The van der Waals surface area contributed by atoms with Crippen LogP contribution >= 0.6 is 35.0 Å². The molecule has 0 spiro atoms. The number of nitrogens with zero attached hydrogens (tertiary/aromatic N) is 3. The fourth-order valence-corrected chi connectivity index (χ4v) is 3.33. The maximum atomic E-state index is 12.0. The largest absolute Gasteiger partial charge is 0.355 e. The molecule has 0 bridgehead atoms. The molecule has 0 unspecified atom stereocenters. The van der Waals surface area contributed by atoms with Crippen molar-refractivity contribution >= 4 is 40.6 Å². The lowest BCUT2D eigenvalue weighted by Gasteiger charge is -2.05. The molecular formula is C15H11Cl2N3OS. The second kappa shape index (κ2) is 6.28. The Morgan fingerprint density at radius 2 is 2.00 bits per heavy atom. The molecule has 112 valence electrons. The van der Waals surface area contributed by atoms with Crippen LogP contribution in [-0.4, -0.2) is 14.4 Å². The third-order valence-corrected chi connectivity index (χ3v) is 4.55. The summed E-state index contributed by atoms with van der Waals surface area (Å²) in [7, 11) is 0. The van der Waals surface area contributed by atoms with E-state index in [1.807, 2.05) is 25.1 Å². The van der Waals surface area contributed by atoms with Crippen molar-refractivity contribution in [3.8, 4) is 0 Å². The van der Waals surface area contributed by atoms with Crippen molar-refractivity contribution in [2.75, 3.05) is 0 Å². The van der Waals surface area contributed by atoms with Gasteiger partial charge in [-0.1, -0.05) is 41.0 Å². The topological polar surface area (TPSA) is 47.3 Å². The highest BCUT2D eigenvalue weighted by Crippen LogP contribution is 2.26. The number of pyridine rings is 1. The minimum Gasteiger partial charge on any atom is -0.251 e. The predicted molar refractivity (Wildman–Crippen MR) is 90.0 cm³/mol. The first-order chi connectivity index (χ1) is 10.5. The van der Waals surface area contributed by atoms with E-state index in [1.54, 1.807) is 18.3 Å². The van der Waals surface area contributed by atoms with Crippen molar-refractivity contribution in [2.45, 2.75) is 17.8 Å². The highest BCUT2D eigenvalue weighted by molar-refractivity contribution is 7.98. The summed E-state index contributed by atoms with van der Waals surface area (Å²) in [5, 5.41) is 1.62. The van der Waals surface area contributed by atoms with E-state index in [9.17, 15) is 4.79 Å². The van der Waals surface area contributed by atoms with Crippen molar-refractivity contribution in [3.63, 3.8) is 0 Å².